The summed E-state index contributed by atoms with van der Waals surface area (Å²) in [4.78, 5) is 19.3. The van der Waals surface area contributed by atoms with E-state index in [0.29, 0.717) is 5.01 Å². The molecule has 3 N–H and O–H groups in total. The lowest BCUT2D eigenvalue weighted by molar-refractivity contribution is 0.0930. The van der Waals surface area contributed by atoms with Crippen LogP contribution in [-0.2, 0) is 0 Å². The molecular weight excluding hydrogens is 506 g/mol. The quantitative estimate of drug-likeness (QED) is 0.307. The number of benzene rings is 2. The summed E-state index contributed by atoms with van der Waals surface area (Å²) in [5.41, 5.74) is 12.3. The van der Waals surface area contributed by atoms with E-state index in [1.54, 1.807) is 0 Å². The molecule has 0 saturated heterocycles. The van der Waals surface area contributed by atoms with Crippen molar-refractivity contribution in [1.82, 2.24) is 24.9 Å². The largest absolute Gasteiger partial charge is 0.341 e. The van der Waals surface area contributed by atoms with Crippen molar-refractivity contribution in [3.63, 3.8) is 0 Å². The van der Waals surface area contributed by atoms with E-state index in [-0.39, 0.29) is 11.8 Å². The van der Waals surface area contributed by atoms with Crippen molar-refractivity contribution in [3.05, 3.63) is 112 Å². The van der Waals surface area contributed by atoms with Crippen LogP contribution < -0.4 is 11.1 Å². The smallest absolute Gasteiger partial charge is 0.280 e. The Bertz CT molecular complexity index is 1640. The minimum absolute atomic E-state index is 0.239. The third-order valence-corrected chi connectivity index (χ3v) is 8.08. The number of thiazole rings is 1. The Kier molecular flexibility index (Phi) is 6.68. The summed E-state index contributed by atoms with van der Waals surface area (Å²) in [6.07, 6.45) is 5.82. The molecule has 0 spiro atoms. The summed E-state index contributed by atoms with van der Waals surface area (Å²) >= 11 is 1.37. The Morgan fingerprint density at radius 2 is 1.77 bits per heavy atom. The minimum atomic E-state index is -0.420. The minimum Gasteiger partial charge on any atom is -0.341 e. The van der Waals surface area contributed by atoms with Crippen LogP contribution in [0.25, 0.3) is 16.8 Å². The summed E-state index contributed by atoms with van der Waals surface area (Å²) in [5, 5.41) is 14.4. The molecule has 0 radical (unpaired) electrons. The van der Waals surface area contributed by atoms with Crippen LogP contribution >= 0.6 is 11.3 Å². The van der Waals surface area contributed by atoms with Gasteiger partial charge in [0.25, 0.3) is 5.91 Å². The van der Waals surface area contributed by atoms with Crippen molar-refractivity contribution in [2.45, 2.75) is 24.9 Å². The second kappa shape index (κ2) is 10.4. The van der Waals surface area contributed by atoms with Crippen LogP contribution in [0.1, 0.15) is 49.4 Å². The number of rotatable bonds is 7. The van der Waals surface area contributed by atoms with Crippen molar-refractivity contribution >= 4 is 29.0 Å². The molecule has 6 rings (SSSR count). The second-order valence-electron chi connectivity index (χ2n) is 9.78. The predicted octanol–water partition coefficient (Wildman–Crippen LogP) is 4.95. The molecule has 0 saturated carbocycles. The van der Waals surface area contributed by atoms with Gasteiger partial charge in [-0.05, 0) is 29.7 Å². The van der Waals surface area contributed by atoms with E-state index in [9.17, 15) is 4.79 Å². The van der Waals surface area contributed by atoms with Gasteiger partial charge in [-0.1, -0.05) is 66.7 Å². The van der Waals surface area contributed by atoms with Crippen molar-refractivity contribution in [3.8, 4) is 11.3 Å². The van der Waals surface area contributed by atoms with Gasteiger partial charge in [0, 0.05) is 42.4 Å². The van der Waals surface area contributed by atoms with Crippen LogP contribution in [0.4, 0.5) is 0 Å². The molecule has 3 atom stereocenters. The average Bonchev–Trinajstić information content (AvgIpc) is 3.69. The molecule has 196 valence electrons. The zero-order valence-corrected chi connectivity index (χ0v) is 22.5. The van der Waals surface area contributed by atoms with Gasteiger partial charge >= 0.3 is 0 Å². The third kappa shape index (κ3) is 4.94. The molecule has 8 nitrogen and oxygen atoms in total. The van der Waals surface area contributed by atoms with E-state index in [2.05, 4.69) is 27.6 Å². The number of aryl methyl sites for hydroxylation is 1. The molecule has 0 fully saturated rings. The molecule has 1 aliphatic heterocycles. The fraction of sp³-hybridized carbons (Fsp3) is 0.200. The van der Waals surface area contributed by atoms with Gasteiger partial charge in [-0.15, -0.1) is 11.3 Å². The van der Waals surface area contributed by atoms with Crippen LogP contribution in [-0.4, -0.2) is 45.3 Å². The van der Waals surface area contributed by atoms with Crippen molar-refractivity contribution in [2.24, 2.45) is 10.8 Å². The van der Waals surface area contributed by atoms with Gasteiger partial charge in [0.1, 0.15) is 0 Å². The van der Waals surface area contributed by atoms with E-state index in [0.717, 1.165) is 44.9 Å². The maximum absolute atomic E-state index is 13.5. The monoisotopic (exact) mass is 535 g/mol. The van der Waals surface area contributed by atoms with Crippen LogP contribution in [0, 0.1) is 6.92 Å². The van der Waals surface area contributed by atoms with Crippen molar-refractivity contribution in [2.75, 3.05) is 13.6 Å². The first-order chi connectivity index (χ1) is 19.0. The predicted molar refractivity (Wildman–Crippen MR) is 155 cm³/mol. The molecule has 5 aromatic rings. The summed E-state index contributed by atoms with van der Waals surface area (Å²) in [6, 6.07) is 23.0. The highest BCUT2D eigenvalue weighted by molar-refractivity contribution is 7.14. The van der Waals surface area contributed by atoms with E-state index < -0.39 is 12.1 Å². The summed E-state index contributed by atoms with van der Waals surface area (Å²) in [7, 11) is 1.97. The van der Waals surface area contributed by atoms with Gasteiger partial charge in [0.15, 0.2) is 5.01 Å². The lowest BCUT2D eigenvalue weighted by Crippen LogP contribution is -2.36. The number of amides is 1. The Morgan fingerprint density at radius 1 is 1.05 bits per heavy atom. The molecule has 4 heterocycles. The van der Waals surface area contributed by atoms with E-state index in [1.807, 2.05) is 103 Å². The van der Waals surface area contributed by atoms with Gasteiger partial charge in [-0.3, -0.25) is 9.80 Å². The lowest BCUT2D eigenvalue weighted by atomic mass is 9.94. The van der Waals surface area contributed by atoms with Crippen LogP contribution in [0.2, 0.25) is 0 Å². The summed E-state index contributed by atoms with van der Waals surface area (Å²) < 4.78 is 1.87. The highest BCUT2D eigenvalue weighted by Gasteiger charge is 2.26. The first-order valence-corrected chi connectivity index (χ1v) is 13.7. The molecular formula is C30H29N7OS. The third-order valence-electron chi connectivity index (χ3n) is 7.11. The number of nitrogens with zero attached hydrogens (tertiary/aromatic N) is 5. The van der Waals surface area contributed by atoms with Gasteiger partial charge in [0.05, 0.1) is 29.5 Å². The number of nitrogens with one attached hydrogen (secondary N) is 1. The van der Waals surface area contributed by atoms with Crippen molar-refractivity contribution in [1.29, 1.82) is 0 Å². The Hall–Kier alpha value is -4.34. The first kappa shape index (κ1) is 25.0. The van der Waals surface area contributed by atoms with Gasteiger partial charge in [-0.2, -0.15) is 10.2 Å². The Morgan fingerprint density at radius 3 is 2.46 bits per heavy atom. The fourth-order valence-corrected chi connectivity index (χ4v) is 5.85. The standard InChI is InChI=1S/C30H29N7OS/c1-19-27(24-16-33-37-18-22(13-14-25(24)37)23-15-32-36(2)17-23)35-30(39-19)29(38)34-28(21-11-7-4-8-12-21)26(31)20-9-5-3-6-10-20/h3-16,18,23,26,28H,17,31H2,1-2H3,(H,34,38)/t23?,26-,28-/m0/s1. The number of aromatic nitrogens is 3. The molecule has 1 aliphatic rings. The number of hydrazone groups is 1. The van der Waals surface area contributed by atoms with Gasteiger partial charge < -0.3 is 11.1 Å². The Labute approximate surface area is 230 Å². The van der Waals surface area contributed by atoms with Crippen LogP contribution in [0.15, 0.2) is 90.3 Å². The zero-order chi connectivity index (χ0) is 26.9. The number of likely N-dealkylation sites (N-methyl/N-ethyl adjacent to an activating group) is 1. The van der Waals surface area contributed by atoms with Crippen LogP contribution in [0.5, 0.6) is 0 Å². The van der Waals surface area contributed by atoms with Crippen molar-refractivity contribution < 1.29 is 4.79 Å². The molecule has 1 unspecified atom stereocenters. The molecule has 2 aromatic carbocycles. The number of hydrogen-bond acceptors (Lipinski definition) is 7. The molecule has 39 heavy (non-hydrogen) atoms. The lowest BCUT2D eigenvalue weighted by Gasteiger charge is -2.25. The number of hydrogen-bond donors (Lipinski definition) is 2. The second-order valence-corrected chi connectivity index (χ2v) is 11.0. The SMILES string of the molecule is Cc1sc(C(=O)N[C@@H](c2ccccc2)[C@@H](N)c2ccccc2)nc1-c1cnn2cc(C3C=NN(C)C3)ccc12. The highest BCUT2D eigenvalue weighted by atomic mass is 32.1. The zero-order valence-electron chi connectivity index (χ0n) is 21.7. The van der Waals surface area contributed by atoms with Gasteiger partial charge in [0.2, 0.25) is 0 Å². The summed E-state index contributed by atoms with van der Waals surface area (Å²) in [6.45, 7) is 2.83. The Balaban J connectivity index is 1.28. The van der Waals surface area contributed by atoms with Crippen LogP contribution in [0.3, 0.4) is 0 Å². The molecule has 9 heteroatoms. The number of fused-ring (bicyclic) bond motifs is 1. The highest BCUT2D eigenvalue weighted by Crippen LogP contribution is 2.33. The average molecular weight is 536 g/mol. The number of pyridine rings is 1. The molecule has 0 bridgehead atoms. The molecule has 0 aliphatic carbocycles. The maximum atomic E-state index is 13.5. The van der Waals surface area contributed by atoms with E-state index in [4.69, 9.17) is 10.7 Å². The first-order valence-electron chi connectivity index (χ1n) is 12.8. The number of carbonyl (C=O) groups excluding carboxylic acids is 1. The maximum Gasteiger partial charge on any atom is 0.280 e. The van der Waals surface area contributed by atoms with E-state index in [1.165, 1.54) is 11.3 Å². The van der Waals surface area contributed by atoms with E-state index >= 15 is 0 Å². The topological polar surface area (TPSA) is 101 Å². The fourth-order valence-electron chi connectivity index (χ4n) is 5.02. The molecule has 3 aromatic heterocycles. The number of carbonyl (C=O) groups is 1. The summed E-state index contributed by atoms with van der Waals surface area (Å²) in [5.74, 6) is -0.0128. The number of nitrogens with two attached hydrogens (primary N) is 1. The van der Waals surface area contributed by atoms with Gasteiger partial charge in [-0.25, -0.2) is 9.50 Å². The normalized spacial score (nSPS) is 16.5. The molecule has 1 amide bonds.